The first kappa shape index (κ1) is 6.47. The predicted octanol–water partition coefficient (Wildman–Crippen LogP) is 0.782. The molecule has 2 rings (SSSR count). The Balaban J connectivity index is 2.61. The van der Waals surface area contributed by atoms with Crippen LogP contribution in [0.1, 0.15) is 6.42 Å². The van der Waals surface area contributed by atoms with Gasteiger partial charge < -0.3 is 4.98 Å². The summed E-state index contributed by atoms with van der Waals surface area (Å²) in [5.74, 6) is 0.515. The zero-order valence-corrected chi connectivity index (χ0v) is 6.38. The minimum absolute atomic E-state index is 0.515. The fourth-order valence-corrected chi connectivity index (χ4v) is 1.43. The van der Waals surface area contributed by atoms with Gasteiger partial charge in [-0.1, -0.05) is 18.2 Å². The highest BCUT2D eigenvalue weighted by Gasteiger charge is 2.02. The van der Waals surface area contributed by atoms with Crippen LogP contribution in [-0.2, 0) is 0 Å². The maximum Gasteiger partial charge on any atom is 0.0416 e. The molecule has 1 unspecified atom stereocenters. The van der Waals surface area contributed by atoms with Crippen LogP contribution in [0.3, 0.4) is 0 Å². The Morgan fingerprint density at radius 2 is 2.55 bits per heavy atom. The molecule has 0 amide bonds. The maximum absolute atomic E-state index is 3.78. The highest BCUT2D eigenvalue weighted by atomic mass is 14.6. The van der Waals surface area contributed by atoms with Crippen LogP contribution >= 0.6 is 0 Å². The van der Waals surface area contributed by atoms with Crippen molar-refractivity contribution in [1.82, 2.24) is 4.98 Å². The van der Waals surface area contributed by atoms with E-state index in [9.17, 15) is 0 Å². The second-order valence-corrected chi connectivity index (χ2v) is 2.85. The van der Waals surface area contributed by atoms with E-state index in [0.29, 0.717) is 5.92 Å². The van der Waals surface area contributed by atoms with Gasteiger partial charge in [0.15, 0.2) is 0 Å². The van der Waals surface area contributed by atoms with E-state index >= 15 is 0 Å². The van der Waals surface area contributed by atoms with Crippen LogP contribution in [-0.4, -0.2) is 4.98 Å². The molecule has 0 aromatic carbocycles. The topological polar surface area (TPSA) is 15.8 Å². The molecule has 0 saturated heterocycles. The van der Waals surface area contributed by atoms with Crippen molar-refractivity contribution in [3.8, 4) is 0 Å². The van der Waals surface area contributed by atoms with Gasteiger partial charge in [-0.05, 0) is 17.7 Å². The second-order valence-electron chi connectivity index (χ2n) is 2.85. The second kappa shape index (κ2) is 2.42. The van der Waals surface area contributed by atoms with Crippen molar-refractivity contribution in [1.29, 1.82) is 0 Å². The van der Waals surface area contributed by atoms with Crippen molar-refractivity contribution in [2.45, 2.75) is 6.42 Å². The maximum atomic E-state index is 3.78. The standard InChI is InChI=1S/C10H11N/c1-2-8-3-4-9-5-6-11-10(9)7-8/h2,4-8,11H,1,3H2. The molecule has 1 aliphatic rings. The molecule has 1 atom stereocenters. The van der Waals surface area contributed by atoms with Gasteiger partial charge in [0.05, 0.1) is 0 Å². The summed E-state index contributed by atoms with van der Waals surface area (Å²) in [6.45, 7) is 3.78. The molecule has 1 aliphatic carbocycles. The van der Waals surface area contributed by atoms with E-state index in [0.717, 1.165) is 6.42 Å². The third kappa shape index (κ3) is 1.03. The van der Waals surface area contributed by atoms with Crippen LogP contribution in [0.5, 0.6) is 0 Å². The fourth-order valence-electron chi connectivity index (χ4n) is 1.43. The molecule has 1 aromatic rings. The Bertz CT molecular complexity index is 370. The molecule has 0 fully saturated rings. The van der Waals surface area contributed by atoms with Crippen molar-refractivity contribution in [2.75, 3.05) is 0 Å². The molecule has 1 heterocycles. The van der Waals surface area contributed by atoms with E-state index in [2.05, 4.69) is 29.8 Å². The molecule has 1 heteroatoms. The number of fused-ring (bicyclic) bond motifs is 1. The number of rotatable bonds is 1. The lowest BCUT2D eigenvalue weighted by Gasteiger charge is -2.05. The van der Waals surface area contributed by atoms with Crippen molar-refractivity contribution in [3.05, 3.63) is 35.5 Å². The molecular weight excluding hydrogens is 134 g/mol. The molecule has 0 spiro atoms. The Labute approximate surface area is 65.8 Å². The molecule has 56 valence electrons. The molecule has 11 heavy (non-hydrogen) atoms. The fraction of sp³-hybridized carbons (Fsp3) is 0.200. The average molecular weight is 145 g/mol. The molecule has 1 aromatic heterocycles. The summed E-state index contributed by atoms with van der Waals surface area (Å²) in [6, 6.07) is 2.10. The van der Waals surface area contributed by atoms with Gasteiger partial charge in [-0.15, -0.1) is 6.58 Å². The molecule has 0 bridgehead atoms. The Morgan fingerprint density at radius 3 is 3.36 bits per heavy atom. The molecule has 1 N–H and O–H groups in total. The summed E-state index contributed by atoms with van der Waals surface area (Å²) in [5, 5.41) is 2.56. The normalized spacial score (nSPS) is 21.3. The van der Waals surface area contributed by atoms with Crippen LogP contribution in [0.4, 0.5) is 0 Å². The molecule has 0 saturated carbocycles. The van der Waals surface area contributed by atoms with E-state index in [1.54, 1.807) is 0 Å². The SMILES string of the molecule is C=CC1C=c2[nH]ccc2=CC1. The lowest BCUT2D eigenvalue weighted by Crippen LogP contribution is -2.26. The Hall–Kier alpha value is -1.24. The van der Waals surface area contributed by atoms with Gasteiger partial charge >= 0.3 is 0 Å². The lowest BCUT2D eigenvalue weighted by atomic mass is 10.0. The predicted molar refractivity (Wildman–Crippen MR) is 47.3 cm³/mol. The summed E-state index contributed by atoms with van der Waals surface area (Å²) in [4.78, 5) is 3.19. The number of hydrogen-bond donors (Lipinski definition) is 1. The highest BCUT2D eigenvalue weighted by molar-refractivity contribution is 5.40. The minimum atomic E-state index is 0.515. The smallest absolute Gasteiger partial charge is 0.0416 e. The number of hydrogen-bond acceptors (Lipinski definition) is 0. The van der Waals surface area contributed by atoms with E-state index in [4.69, 9.17) is 0 Å². The van der Waals surface area contributed by atoms with Crippen molar-refractivity contribution in [3.63, 3.8) is 0 Å². The van der Waals surface area contributed by atoms with Gasteiger partial charge in [0.25, 0.3) is 0 Å². The van der Waals surface area contributed by atoms with E-state index < -0.39 is 0 Å². The first-order valence-electron chi connectivity index (χ1n) is 3.88. The minimum Gasteiger partial charge on any atom is -0.361 e. The Morgan fingerprint density at radius 1 is 1.64 bits per heavy atom. The van der Waals surface area contributed by atoms with Crippen LogP contribution in [0.15, 0.2) is 24.9 Å². The first-order valence-corrected chi connectivity index (χ1v) is 3.88. The summed E-state index contributed by atoms with van der Waals surface area (Å²) < 4.78 is 0. The van der Waals surface area contributed by atoms with E-state index in [-0.39, 0.29) is 0 Å². The highest BCUT2D eigenvalue weighted by Crippen LogP contribution is 2.07. The quantitative estimate of drug-likeness (QED) is 0.562. The van der Waals surface area contributed by atoms with Crippen LogP contribution < -0.4 is 10.6 Å². The first-order chi connectivity index (χ1) is 5.40. The van der Waals surface area contributed by atoms with Crippen molar-refractivity contribution in [2.24, 2.45) is 5.92 Å². The summed E-state index contributed by atoms with van der Waals surface area (Å²) in [6.07, 6.45) is 9.53. The summed E-state index contributed by atoms with van der Waals surface area (Å²) in [7, 11) is 0. The van der Waals surface area contributed by atoms with Gasteiger partial charge in [-0.3, -0.25) is 0 Å². The summed E-state index contributed by atoms with van der Waals surface area (Å²) >= 11 is 0. The van der Waals surface area contributed by atoms with Gasteiger partial charge in [-0.2, -0.15) is 0 Å². The van der Waals surface area contributed by atoms with Crippen molar-refractivity contribution < 1.29 is 0 Å². The van der Waals surface area contributed by atoms with Gasteiger partial charge in [0.2, 0.25) is 0 Å². The number of aromatic amines is 1. The number of nitrogens with one attached hydrogen (secondary N) is 1. The third-order valence-electron chi connectivity index (χ3n) is 2.11. The molecule has 0 aliphatic heterocycles. The van der Waals surface area contributed by atoms with Gasteiger partial charge in [-0.25, -0.2) is 0 Å². The summed E-state index contributed by atoms with van der Waals surface area (Å²) in [5.41, 5.74) is 0. The molecule has 0 radical (unpaired) electrons. The lowest BCUT2D eigenvalue weighted by molar-refractivity contribution is 0.892. The molecular formula is C10H11N. The largest absolute Gasteiger partial charge is 0.361 e. The van der Waals surface area contributed by atoms with Gasteiger partial charge in [0, 0.05) is 17.5 Å². The number of allylic oxidation sites excluding steroid dienone is 1. The Kier molecular flexibility index (Phi) is 1.42. The third-order valence-corrected chi connectivity index (χ3v) is 2.11. The van der Waals surface area contributed by atoms with Crippen LogP contribution in [0.2, 0.25) is 0 Å². The van der Waals surface area contributed by atoms with Crippen molar-refractivity contribution >= 4 is 12.2 Å². The number of aromatic nitrogens is 1. The zero-order valence-electron chi connectivity index (χ0n) is 6.38. The molecule has 1 nitrogen and oxygen atoms in total. The van der Waals surface area contributed by atoms with E-state index in [1.165, 1.54) is 10.6 Å². The monoisotopic (exact) mass is 145 g/mol. The van der Waals surface area contributed by atoms with Crippen LogP contribution in [0, 0.1) is 5.92 Å². The zero-order chi connectivity index (χ0) is 7.68. The average Bonchev–Trinajstić information content (AvgIpc) is 2.50. The number of H-pyrrole nitrogens is 1. The van der Waals surface area contributed by atoms with Gasteiger partial charge in [0.1, 0.15) is 0 Å². The van der Waals surface area contributed by atoms with Crippen LogP contribution in [0.25, 0.3) is 12.2 Å². The van der Waals surface area contributed by atoms with E-state index in [1.807, 2.05) is 12.3 Å².